The Hall–Kier alpha value is -3.94. The summed E-state index contributed by atoms with van der Waals surface area (Å²) in [6.07, 6.45) is 1.73. The van der Waals surface area contributed by atoms with Gasteiger partial charge in [0.1, 0.15) is 23.6 Å². The Morgan fingerprint density at radius 3 is 2.75 bits per heavy atom. The van der Waals surface area contributed by atoms with Gasteiger partial charge in [-0.25, -0.2) is 0 Å². The average molecular weight is 374 g/mol. The van der Waals surface area contributed by atoms with E-state index in [2.05, 4.69) is 25.3 Å². The van der Waals surface area contributed by atoms with Crippen molar-refractivity contribution in [1.29, 1.82) is 0 Å². The number of nitrogens with one attached hydrogen (secondary N) is 1. The largest absolute Gasteiger partial charge is 0.497 e. The Bertz CT molecular complexity index is 1110. The summed E-state index contributed by atoms with van der Waals surface area (Å²) < 4.78 is 11.1. The molecule has 0 amide bonds. The molecule has 0 aliphatic heterocycles. The number of nitrogens with zero attached hydrogens (tertiary/aromatic N) is 4. The maximum atomic E-state index is 5.88. The second-order valence-corrected chi connectivity index (χ2v) is 5.91. The molecule has 0 aliphatic carbocycles. The van der Waals surface area contributed by atoms with Crippen LogP contribution in [0.2, 0.25) is 0 Å². The number of hydrogen-bond acceptors (Lipinski definition) is 8. The predicted octanol–water partition coefficient (Wildman–Crippen LogP) is 3.33. The van der Waals surface area contributed by atoms with Gasteiger partial charge in [0.2, 0.25) is 11.9 Å². The summed E-state index contributed by atoms with van der Waals surface area (Å²) >= 11 is 0. The summed E-state index contributed by atoms with van der Waals surface area (Å²) in [6, 6.07) is 17.0. The van der Waals surface area contributed by atoms with Crippen LogP contribution in [0.15, 0.2) is 60.8 Å². The predicted molar refractivity (Wildman–Crippen MR) is 107 cm³/mol. The van der Waals surface area contributed by atoms with Crippen molar-refractivity contribution >= 4 is 28.5 Å². The number of fused-ring (bicyclic) bond motifs is 1. The number of hydrogen-bond donors (Lipinski definition) is 2. The molecule has 0 aliphatic rings. The summed E-state index contributed by atoms with van der Waals surface area (Å²) in [7, 11) is 1.61. The molecule has 0 atom stereocenters. The van der Waals surface area contributed by atoms with E-state index >= 15 is 0 Å². The number of anilines is 3. The van der Waals surface area contributed by atoms with Crippen molar-refractivity contribution in [2.75, 3.05) is 18.2 Å². The number of aromatic nitrogens is 4. The van der Waals surface area contributed by atoms with Crippen molar-refractivity contribution in [1.82, 2.24) is 19.9 Å². The van der Waals surface area contributed by atoms with E-state index in [1.807, 2.05) is 54.6 Å². The maximum Gasteiger partial charge on any atom is 0.232 e. The van der Waals surface area contributed by atoms with Gasteiger partial charge >= 0.3 is 0 Å². The van der Waals surface area contributed by atoms with E-state index in [4.69, 9.17) is 15.2 Å². The van der Waals surface area contributed by atoms with Crippen molar-refractivity contribution in [2.45, 2.75) is 6.61 Å². The molecule has 2 aromatic heterocycles. The van der Waals surface area contributed by atoms with E-state index < -0.39 is 0 Å². The molecule has 0 radical (unpaired) electrons. The minimum Gasteiger partial charge on any atom is -0.497 e. The lowest BCUT2D eigenvalue weighted by Crippen LogP contribution is -2.09. The number of rotatable bonds is 6. The minimum absolute atomic E-state index is 0.107. The van der Waals surface area contributed by atoms with Crippen molar-refractivity contribution in [3.8, 4) is 11.5 Å². The zero-order valence-electron chi connectivity index (χ0n) is 15.2. The van der Waals surface area contributed by atoms with Crippen LogP contribution in [0.5, 0.6) is 11.5 Å². The number of ether oxygens (including phenoxy) is 2. The number of benzene rings is 2. The average Bonchev–Trinajstić information content (AvgIpc) is 2.72. The summed E-state index contributed by atoms with van der Waals surface area (Å²) in [4.78, 5) is 17.0. The second kappa shape index (κ2) is 7.75. The molecular formula is C20H18N6O2. The van der Waals surface area contributed by atoms with E-state index in [1.54, 1.807) is 13.3 Å². The standard InChI is InChI=1S/C20H18N6O2/c1-27-15-8-3-7-14(11-15)23-20-25-17(24-19(21)26-20)12-28-16-9-2-5-13-6-4-10-22-18(13)16/h2-11H,12H2,1H3,(H3,21,23,24,25,26). The van der Waals surface area contributed by atoms with Gasteiger partial charge < -0.3 is 20.5 Å². The number of para-hydroxylation sites is 1. The quantitative estimate of drug-likeness (QED) is 0.529. The first-order valence-corrected chi connectivity index (χ1v) is 8.59. The molecule has 4 aromatic rings. The van der Waals surface area contributed by atoms with Gasteiger partial charge in [-0.2, -0.15) is 15.0 Å². The molecule has 0 unspecified atom stereocenters. The summed E-state index contributed by atoms with van der Waals surface area (Å²) in [6.45, 7) is 0.134. The third-order valence-corrected chi connectivity index (χ3v) is 3.98. The highest BCUT2D eigenvalue weighted by Crippen LogP contribution is 2.24. The van der Waals surface area contributed by atoms with Crippen LogP contribution in [-0.4, -0.2) is 27.0 Å². The molecule has 2 heterocycles. The molecule has 0 fully saturated rings. The number of methoxy groups -OCH3 is 1. The van der Waals surface area contributed by atoms with Gasteiger partial charge in [-0.15, -0.1) is 0 Å². The van der Waals surface area contributed by atoms with Gasteiger partial charge in [-0.3, -0.25) is 4.98 Å². The molecule has 2 aromatic carbocycles. The van der Waals surface area contributed by atoms with E-state index in [9.17, 15) is 0 Å². The zero-order valence-corrected chi connectivity index (χ0v) is 15.2. The third-order valence-electron chi connectivity index (χ3n) is 3.98. The first kappa shape index (κ1) is 17.5. The molecule has 0 spiro atoms. The Balaban J connectivity index is 1.53. The second-order valence-electron chi connectivity index (χ2n) is 5.91. The molecule has 28 heavy (non-hydrogen) atoms. The van der Waals surface area contributed by atoms with E-state index in [0.29, 0.717) is 17.5 Å². The molecule has 8 nitrogen and oxygen atoms in total. The fourth-order valence-electron chi connectivity index (χ4n) is 2.72. The van der Waals surface area contributed by atoms with Crippen LogP contribution in [0, 0.1) is 0 Å². The number of pyridine rings is 1. The van der Waals surface area contributed by atoms with Gasteiger partial charge in [0.05, 0.1) is 7.11 Å². The summed E-state index contributed by atoms with van der Waals surface area (Å²) in [5.41, 5.74) is 7.39. The minimum atomic E-state index is 0.107. The van der Waals surface area contributed by atoms with E-state index in [1.165, 1.54) is 0 Å². The van der Waals surface area contributed by atoms with Crippen molar-refractivity contribution in [3.05, 3.63) is 66.6 Å². The Kier molecular flexibility index (Phi) is 4.83. The Labute approximate surface area is 161 Å². The molecule has 8 heteroatoms. The van der Waals surface area contributed by atoms with Gasteiger partial charge in [0.15, 0.2) is 5.82 Å². The normalized spacial score (nSPS) is 10.6. The molecular weight excluding hydrogens is 356 g/mol. The van der Waals surface area contributed by atoms with Gasteiger partial charge in [-0.1, -0.05) is 24.3 Å². The third kappa shape index (κ3) is 3.90. The molecule has 0 saturated heterocycles. The van der Waals surface area contributed by atoms with Crippen LogP contribution < -0.4 is 20.5 Å². The topological polar surface area (TPSA) is 108 Å². The SMILES string of the molecule is COc1cccc(Nc2nc(N)nc(COc3cccc4cccnc34)n2)c1. The first-order valence-electron chi connectivity index (χ1n) is 8.59. The van der Waals surface area contributed by atoms with Crippen LogP contribution in [0.1, 0.15) is 5.82 Å². The van der Waals surface area contributed by atoms with Crippen LogP contribution in [-0.2, 0) is 6.61 Å². The monoisotopic (exact) mass is 374 g/mol. The van der Waals surface area contributed by atoms with Crippen LogP contribution in [0.25, 0.3) is 10.9 Å². The molecule has 4 rings (SSSR count). The van der Waals surface area contributed by atoms with E-state index in [-0.39, 0.29) is 12.6 Å². The molecule has 3 N–H and O–H groups in total. The molecule has 0 bridgehead atoms. The lowest BCUT2D eigenvalue weighted by molar-refractivity contribution is 0.299. The van der Waals surface area contributed by atoms with Gasteiger partial charge in [-0.05, 0) is 24.3 Å². The smallest absolute Gasteiger partial charge is 0.232 e. The van der Waals surface area contributed by atoms with Gasteiger partial charge in [0.25, 0.3) is 0 Å². The first-order chi connectivity index (χ1) is 13.7. The van der Waals surface area contributed by atoms with Crippen LogP contribution in [0.4, 0.5) is 17.6 Å². The summed E-state index contributed by atoms with van der Waals surface area (Å²) in [5, 5.41) is 4.09. The van der Waals surface area contributed by atoms with Crippen LogP contribution >= 0.6 is 0 Å². The van der Waals surface area contributed by atoms with Gasteiger partial charge in [0, 0.05) is 23.3 Å². The Morgan fingerprint density at radius 2 is 1.86 bits per heavy atom. The maximum absolute atomic E-state index is 5.88. The highest BCUT2D eigenvalue weighted by Gasteiger charge is 2.08. The molecule has 0 saturated carbocycles. The highest BCUT2D eigenvalue weighted by molar-refractivity contribution is 5.84. The van der Waals surface area contributed by atoms with Crippen LogP contribution in [0.3, 0.4) is 0 Å². The van der Waals surface area contributed by atoms with Crippen molar-refractivity contribution in [2.24, 2.45) is 0 Å². The summed E-state index contributed by atoms with van der Waals surface area (Å²) in [5.74, 6) is 2.22. The Morgan fingerprint density at radius 1 is 1.00 bits per heavy atom. The zero-order chi connectivity index (χ0) is 19.3. The molecule has 140 valence electrons. The lowest BCUT2D eigenvalue weighted by atomic mass is 10.2. The van der Waals surface area contributed by atoms with Crippen molar-refractivity contribution < 1.29 is 9.47 Å². The highest BCUT2D eigenvalue weighted by atomic mass is 16.5. The fourth-order valence-corrected chi connectivity index (χ4v) is 2.72. The lowest BCUT2D eigenvalue weighted by Gasteiger charge is -2.10. The van der Waals surface area contributed by atoms with Crippen molar-refractivity contribution in [3.63, 3.8) is 0 Å². The number of nitrogen functional groups attached to an aromatic ring is 1. The number of nitrogens with two attached hydrogens (primary N) is 1. The fraction of sp³-hybridized carbons (Fsp3) is 0.100. The van der Waals surface area contributed by atoms with E-state index in [0.717, 1.165) is 22.3 Å².